The first-order valence-electron chi connectivity index (χ1n) is 5.98. The van der Waals surface area contributed by atoms with Gasteiger partial charge in [-0.15, -0.1) is 0 Å². The Morgan fingerprint density at radius 2 is 1.94 bits per heavy atom. The topological polar surface area (TPSA) is 33.0 Å². The van der Waals surface area contributed by atoms with Gasteiger partial charge in [0.2, 0.25) is 0 Å². The zero-order valence-electron chi connectivity index (χ0n) is 9.58. The first-order valence-corrected chi connectivity index (χ1v) is 6.77. The molecule has 0 radical (unpaired) electrons. The van der Waals surface area contributed by atoms with Crippen LogP contribution in [0.15, 0.2) is 28.7 Å². The van der Waals surface area contributed by atoms with Crippen molar-refractivity contribution >= 4 is 15.9 Å². The number of nitrogens with zero attached hydrogens (tertiary/aromatic N) is 1. The van der Waals surface area contributed by atoms with Crippen LogP contribution in [0.1, 0.15) is 24.8 Å². The van der Waals surface area contributed by atoms with Gasteiger partial charge in [-0.2, -0.15) is 5.26 Å². The molecule has 1 aromatic carbocycles. The van der Waals surface area contributed by atoms with Crippen molar-refractivity contribution in [3.63, 3.8) is 0 Å². The van der Waals surface area contributed by atoms with Crippen molar-refractivity contribution in [3.8, 4) is 6.07 Å². The lowest BCUT2D eigenvalue weighted by Crippen LogP contribution is -2.61. The van der Waals surface area contributed by atoms with Gasteiger partial charge in [-0.1, -0.05) is 40.5 Å². The number of ether oxygens (including phenoxy) is 1. The minimum absolute atomic E-state index is 0.0832. The maximum Gasteiger partial charge on any atom is 0.0715 e. The quantitative estimate of drug-likeness (QED) is 0.837. The summed E-state index contributed by atoms with van der Waals surface area (Å²) in [7, 11) is 0. The molecule has 0 spiro atoms. The molecule has 3 rings (SSSR count). The molecule has 0 aromatic heterocycles. The molecule has 17 heavy (non-hydrogen) atoms. The molecule has 3 heteroatoms. The van der Waals surface area contributed by atoms with Crippen LogP contribution in [0.5, 0.6) is 0 Å². The highest BCUT2D eigenvalue weighted by molar-refractivity contribution is 9.10. The Bertz CT molecular complexity index is 483. The fraction of sp³-hybridized carbons (Fsp3) is 0.500. The van der Waals surface area contributed by atoms with E-state index in [1.165, 1.54) is 12.0 Å². The average molecular weight is 292 g/mol. The van der Waals surface area contributed by atoms with Gasteiger partial charge in [-0.25, -0.2) is 0 Å². The summed E-state index contributed by atoms with van der Waals surface area (Å²) >= 11 is 3.62. The van der Waals surface area contributed by atoms with E-state index in [4.69, 9.17) is 4.74 Å². The van der Waals surface area contributed by atoms with Crippen molar-refractivity contribution in [2.75, 3.05) is 13.2 Å². The van der Waals surface area contributed by atoms with Crippen LogP contribution in [-0.4, -0.2) is 13.2 Å². The van der Waals surface area contributed by atoms with Crippen LogP contribution in [-0.2, 0) is 10.2 Å². The van der Waals surface area contributed by atoms with E-state index in [9.17, 15) is 5.26 Å². The van der Waals surface area contributed by atoms with E-state index >= 15 is 0 Å². The van der Waals surface area contributed by atoms with Crippen LogP contribution in [0.2, 0.25) is 0 Å². The second kappa shape index (κ2) is 3.83. The van der Waals surface area contributed by atoms with Gasteiger partial charge in [0, 0.05) is 4.47 Å². The van der Waals surface area contributed by atoms with Crippen molar-refractivity contribution in [3.05, 3.63) is 34.3 Å². The highest BCUT2D eigenvalue weighted by Crippen LogP contribution is 2.58. The third-order valence-electron chi connectivity index (χ3n) is 4.42. The van der Waals surface area contributed by atoms with E-state index in [1.54, 1.807) is 0 Å². The standard InChI is InChI=1S/C14H14BrNO/c15-12-5-2-1-4-11(12)14(9-17-10-14)13(8-16)6-3-7-13/h1-2,4-5H,3,6-7,9-10H2. The lowest BCUT2D eigenvalue weighted by molar-refractivity contribution is -0.135. The molecule has 2 nitrogen and oxygen atoms in total. The molecule has 1 heterocycles. The minimum atomic E-state index is -0.199. The fourth-order valence-corrected chi connectivity index (χ4v) is 3.74. The smallest absolute Gasteiger partial charge is 0.0715 e. The molecule has 1 aromatic rings. The maximum atomic E-state index is 9.57. The summed E-state index contributed by atoms with van der Waals surface area (Å²) < 4.78 is 6.56. The lowest BCUT2D eigenvalue weighted by atomic mass is 9.50. The number of hydrogen-bond donors (Lipinski definition) is 0. The summed E-state index contributed by atoms with van der Waals surface area (Å²) in [4.78, 5) is 0. The molecule has 88 valence electrons. The van der Waals surface area contributed by atoms with Gasteiger partial charge in [-0.05, 0) is 24.5 Å². The third kappa shape index (κ3) is 1.34. The maximum absolute atomic E-state index is 9.57. The summed E-state index contributed by atoms with van der Waals surface area (Å²) in [6, 6.07) is 10.8. The second-order valence-corrected chi connectivity index (χ2v) is 5.96. The highest BCUT2D eigenvalue weighted by atomic mass is 79.9. The summed E-state index contributed by atoms with van der Waals surface area (Å²) in [6.45, 7) is 1.37. The average Bonchev–Trinajstić information content (AvgIpc) is 2.22. The molecule has 1 aliphatic heterocycles. The summed E-state index contributed by atoms with van der Waals surface area (Å²) in [5.41, 5.74) is 0.961. The van der Waals surface area contributed by atoms with Gasteiger partial charge < -0.3 is 4.74 Å². The normalized spacial score (nSPS) is 24.2. The molecule has 2 aliphatic rings. The van der Waals surface area contributed by atoms with Crippen molar-refractivity contribution in [2.45, 2.75) is 24.7 Å². The Morgan fingerprint density at radius 3 is 2.35 bits per heavy atom. The molecule has 1 aliphatic carbocycles. The van der Waals surface area contributed by atoms with E-state index in [-0.39, 0.29) is 10.8 Å². The van der Waals surface area contributed by atoms with E-state index in [0.29, 0.717) is 13.2 Å². The van der Waals surface area contributed by atoms with Crippen molar-refractivity contribution in [2.24, 2.45) is 5.41 Å². The Hall–Kier alpha value is -0.850. The number of halogens is 1. The largest absolute Gasteiger partial charge is 0.379 e. The molecular formula is C14H14BrNO. The van der Waals surface area contributed by atoms with Crippen molar-refractivity contribution < 1.29 is 4.74 Å². The zero-order valence-corrected chi connectivity index (χ0v) is 11.2. The van der Waals surface area contributed by atoms with Crippen molar-refractivity contribution in [1.82, 2.24) is 0 Å². The van der Waals surface area contributed by atoms with Crippen LogP contribution < -0.4 is 0 Å². The van der Waals surface area contributed by atoms with Gasteiger partial charge in [0.15, 0.2) is 0 Å². The van der Waals surface area contributed by atoms with Crippen LogP contribution in [0.4, 0.5) is 0 Å². The summed E-state index contributed by atoms with van der Waals surface area (Å²) in [5.74, 6) is 0. The van der Waals surface area contributed by atoms with E-state index in [0.717, 1.165) is 17.3 Å². The van der Waals surface area contributed by atoms with Crippen LogP contribution in [0.3, 0.4) is 0 Å². The van der Waals surface area contributed by atoms with Crippen LogP contribution in [0.25, 0.3) is 0 Å². The van der Waals surface area contributed by atoms with Gasteiger partial charge in [-0.3, -0.25) is 0 Å². The van der Waals surface area contributed by atoms with Gasteiger partial charge in [0.1, 0.15) is 0 Å². The molecule has 0 atom stereocenters. The molecule has 0 bridgehead atoms. The third-order valence-corrected chi connectivity index (χ3v) is 5.12. The predicted octanol–water partition coefficient (Wildman–Crippen LogP) is 3.41. The molecule has 0 amide bonds. The SMILES string of the molecule is N#CC1(C2(c3ccccc3Br)COC2)CCC1. The zero-order chi connectivity index (χ0) is 11.9. The Kier molecular flexibility index (Phi) is 2.53. The molecule has 0 N–H and O–H groups in total. The van der Waals surface area contributed by atoms with Gasteiger partial charge in [0.25, 0.3) is 0 Å². The number of benzene rings is 1. The van der Waals surface area contributed by atoms with Crippen LogP contribution >= 0.6 is 15.9 Å². The second-order valence-electron chi connectivity index (χ2n) is 5.10. The van der Waals surface area contributed by atoms with E-state index in [1.807, 2.05) is 12.1 Å². The molecule has 1 saturated carbocycles. The first kappa shape index (κ1) is 11.3. The lowest BCUT2D eigenvalue weighted by Gasteiger charge is -2.56. The van der Waals surface area contributed by atoms with Gasteiger partial charge >= 0.3 is 0 Å². The molecular weight excluding hydrogens is 278 g/mol. The predicted molar refractivity (Wildman–Crippen MR) is 68.5 cm³/mol. The van der Waals surface area contributed by atoms with E-state index in [2.05, 4.69) is 34.1 Å². The van der Waals surface area contributed by atoms with E-state index < -0.39 is 0 Å². The number of rotatable bonds is 2. The molecule has 1 saturated heterocycles. The monoisotopic (exact) mass is 291 g/mol. The van der Waals surface area contributed by atoms with Crippen LogP contribution in [0, 0.1) is 16.7 Å². The number of nitriles is 1. The van der Waals surface area contributed by atoms with Gasteiger partial charge in [0.05, 0.1) is 30.1 Å². The Labute approximate surface area is 110 Å². The molecule has 0 unspecified atom stereocenters. The Morgan fingerprint density at radius 1 is 1.24 bits per heavy atom. The molecule has 2 fully saturated rings. The number of hydrogen-bond acceptors (Lipinski definition) is 2. The Balaban J connectivity index is 2.10. The minimum Gasteiger partial charge on any atom is -0.379 e. The summed E-state index contributed by atoms with van der Waals surface area (Å²) in [5, 5.41) is 9.57. The first-order chi connectivity index (χ1) is 8.24. The highest BCUT2D eigenvalue weighted by Gasteiger charge is 2.60. The summed E-state index contributed by atoms with van der Waals surface area (Å²) in [6.07, 6.45) is 3.18. The van der Waals surface area contributed by atoms with Crippen molar-refractivity contribution in [1.29, 1.82) is 5.26 Å². The fourth-order valence-electron chi connectivity index (χ4n) is 3.07.